The lowest BCUT2D eigenvalue weighted by atomic mass is 10.1. The van der Waals surface area contributed by atoms with Gasteiger partial charge in [-0.15, -0.1) is 12.4 Å². The van der Waals surface area contributed by atoms with Gasteiger partial charge in [0.05, 0.1) is 4.92 Å². The van der Waals surface area contributed by atoms with E-state index in [0.717, 1.165) is 13.0 Å². The average molecular weight is 302 g/mol. The number of carbonyl (C=O) groups is 1. The third kappa shape index (κ3) is 5.14. The van der Waals surface area contributed by atoms with Crippen molar-refractivity contribution >= 4 is 24.0 Å². The van der Waals surface area contributed by atoms with E-state index in [1.165, 1.54) is 6.07 Å². The van der Waals surface area contributed by atoms with Gasteiger partial charge in [-0.1, -0.05) is 19.1 Å². The Labute approximate surface area is 124 Å². The summed E-state index contributed by atoms with van der Waals surface area (Å²) in [5, 5.41) is 16.8. The van der Waals surface area contributed by atoms with E-state index >= 15 is 0 Å². The van der Waals surface area contributed by atoms with Gasteiger partial charge in [-0.3, -0.25) is 14.9 Å². The fourth-order valence-electron chi connectivity index (χ4n) is 1.75. The van der Waals surface area contributed by atoms with E-state index < -0.39 is 10.8 Å². The predicted molar refractivity (Wildman–Crippen MR) is 80.6 cm³/mol. The molecule has 0 aliphatic rings. The molecule has 112 valence electrons. The molecule has 0 aliphatic heterocycles. The van der Waals surface area contributed by atoms with Gasteiger partial charge in [0, 0.05) is 18.7 Å². The maximum Gasteiger partial charge on any atom is 0.285 e. The van der Waals surface area contributed by atoms with Crippen LogP contribution in [0.15, 0.2) is 18.2 Å². The molecule has 1 aromatic carbocycles. The Kier molecular flexibility index (Phi) is 8.51. The normalized spacial score (nSPS) is 9.70. The van der Waals surface area contributed by atoms with Crippen molar-refractivity contribution in [1.29, 1.82) is 0 Å². The average Bonchev–Trinajstić information content (AvgIpc) is 2.37. The van der Waals surface area contributed by atoms with Crippen molar-refractivity contribution in [3.8, 4) is 0 Å². The highest BCUT2D eigenvalue weighted by Crippen LogP contribution is 2.22. The molecule has 0 radical (unpaired) electrons. The number of para-hydroxylation sites is 1. The first-order valence-corrected chi connectivity index (χ1v) is 6.30. The van der Waals surface area contributed by atoms with Gasteiger partial charge in [-0.2, -0.15) is 0 Å². The van der Waals surface area contributed by atoms with Gasteiger partial charge in [0.1, 0.15) is 5.56 Å². The number of hydrogen-bond donors (Lipinski definition) is 2. The minimum Gasteiger partial charge on any atom is -0.351 e. The standard InChI is InChI=1S/C13H19N3O3.ClH/c1-3-7-14-8-9-15-13(17)11-6-4-5-10(2)12(11)16(18)19;/h4-6,14H,3,7-9H2,1-2H3,(H,15,17);1H. The van der Waals surface area contributed by atoms with Crippen LogP contribution in [0.1, 0.15) is 29.3 Å². The lowest BCUT2D eigenvalue weighted by molar-refractivity contribution is -0.385. The molecule has 6 nitrogen and oxygen atoms in total. The summed E-state index contributed by atoms with van der Waals surface area (Å²) in [5.74, 6) is -0.409. The smallest absolute Gasteiger partial charge is 0.285 e. The van der Waals surface area contributed by atoms with Crippen LogP contribution in [0.2, 0.25) is 0 Å². The third-order valence-electron chi connectivity index (χ3n) is 2.68. The maximum absolute atomic E-state index is 11.9. The van der Waals surface area contributed by atoms with Crippen molar-refractivity contribution in [3.63, 3.8) is 0 Å². The Morgan fingerprint density at radius 2 is 2.00 bits per heavy atom. The summed E-state index contributed by atoms with van der Waals surface area (Å²) in [6, 6.07) is 4.74. The maximum atomic E-state index is 11.9. The Hall–Kier alpha value is -1.66. The van der Waals surface area contributed by atoms with Gasteiger partial charge in [-0.25, -0.2) is 0 Å². The molecule has 0 aliphatic carbocycles. The van der Waals surface area contributed by atoms with Crippen molar-refractivity contribution in [2.45, 2.75) is 20.3 Å². The summed E-state index contributed by atoms with van der Waals surface area (Å²) in [6.45, 7) is 5.67. The van der Waals surface area contributed by atoms with E-state index in [0.29, 0.717) is 18.7 Å². The van der Waals surface area contributed by atoms with Gasteiger partial charge in [0.25, 0.3) is 11.6 Å². The Balaban J connectivity index is 0.00000361. The first-order valence-electron chi connectivity index (χ1n) is 6.30. The number of benzene rings is 1. The first kappa shape index (κ1) is 18.3. The number of carbonyl (C=O) groups excluding carboxylic acids is 1. The molecule has 1 amide bonds. The fourth-order valence-corrected chi connectivity index (χ4v) is 1.75. The molecule has 0 heterocycles. The number of hydrogen-bond acceptors (Lipinski definition) is 4. The van der Waals surface area contributed by atoms with Crippen LogP contribution in [0.25, 0.3) is 0 Å². The Morgan fingerprint density at radius 3 is 2.60 bits per heavy atom. The van der Waals surface area contributed by atoms with Crippen molar-refractivity contribution in [2.75, 3.05) is 19.6 Å². The fraction of sp³-hybridized carbons (Fsp3) is 0.462. The quantitative estimate of drug-likeness (QED) is 0.458. The SMILES string of the molecule is CCCNCCNC(=O)c1cccc(C)c1[N+](=O)[O-].Cl. The minimum absolute atomic E-state index is 0. The summed E-state index contributed by atoms with van der Waals surface area (Å²) >= 11 is 0. The van der Waals surface area contributed by atoms with Crippen molar-refractivity contribution in [1.82, 2.24) is 10.6 Å². The monoisotopic (exact) mass is 301 g/mol. The second-order valence-electron chi connectivity index (χ2n) is 4.23. The molecule has 0 saturated heterocycles. The number of halogens is 1. The van der Waals surface area contributed by atoms with Gasteiger partial charge >= 0.3 is 0 Å². The topological polar surface area (TPSA) is 84.3 Å². The zero-order valence-corrected chi connectivity index (χ0v) is 12.5. The van der Waals surface area contributed by atoms with E-state index in [-0.39, 0.29) is 23.7 Å². The Morgan fingerprint density at radius 1 is 1.30 bits per heavy atom. The molecule has 1 aromatic rings. The van der Waals surface area contributed by atoms with E-state index in [9.17, 15) is 14.9 Å². The minimum atomic E-state index is -0.514. The van der Waals surface area contributed by atoms with Crippen LogP contribution in [0.4, 0.5) is 5.69 Å². The van der Waals surface area contributed by atoms with Gasteiger partial charge in [0.15, 0.2) is 0 Å². The van der Waals surface area contributed by atoms with Crippen LogP contribution in [0.5, 0.6) is 0 Å². The molecule has 0 aromatic heterocycles. The summed E-state index contributed by atoms with van der Waals surface area (Å²) in [7, 11) is 0. The van der Waals surface area contributed by atoms with E-state index in [4.69, 9.17) is 0 Å². The van der Waals surface area contributed by atoms with Crippen LogP contribution >= 0.6 is 12.4 Å². The highest BCUT2D eigenvalue weighted by molar-refractivity contribution is 5.98. The van der Waals surface area contributed by atoms with Gasteiger partial charge in [-0.05, 0) is 26.0 Å². The van der Waals surface area contributed by atoms with Gasteiger partial charge in [0.2, 0.25) is 0 Å². The second kappa shape index (κ2) is 9.28. The summed E-state index contributed by atoms with van der Waals surface area (Å²) in [4.78, 5) is 22.4. The molecule has 1 rings (SSSR count). The largest absolute Gasteiger partial charge is 0.351 e. The molecule has 0 fully saturated rings. The highest BCUT2D eigenvalue weighted by atomic mass is 35.5. The molecule has 20 heavy (non-hydrogen) atoms. The van der Waals surface area contributed by atoms with Crippen LogP contribution in [-0.2, 0) is 0 Å². The summed E-state index contributed by atoms with van der Waals surface area (Å²) in [6.07, 6.45) is 1.03. The van der Waals surface area contributed by atoms with Crippen LogP contribution in [0, 0.1) is 17.0 Å². The van der Waals surface area contributed by atoms with E-state index in [2.05, 4.69) is 17.6 Å². The molecule has 0 bridgehead atoms. The van der Waals surface area contributed by atoms with Crippen molar-refractivity contribution < 1.29 is 9.72 Å². The molecular weight excluding hydrogens is 282 g/mol. The predicted octanol–water partition coefficient (Wildman–Crippen LogP) is 2.05. The second-order valence-corrected chi connectivity index (χ2v) is 4.23. The number of aryl methyl sites for hydroxylation is 1. The summed E-state index contributed by atoms with van der Waals surface area (Å²) < 4.78 is 0. The van der Waals surface area contributed by atoms with Crippen LogP contribution in [-0.4, -0.2) is 30.5 Å². The molecule has 7 heteroatoms. The molecule has 0 unspecified atom stereocenters. The number of nitrogens with zero attached hydrogens (tertiary/aromatic N) is 1. The van der Waals surface area contributed by atoms with Gasteiger partial charge < -0.3 is 10.6 Å². The molecule has 0 saturated carbocycles. The highest BCUT2D eigenvalue weighted by Gasteiger charge is 2.21. The van der Waals surface area contributed by atoms with E-state index in [1.54, 1.807) is 19.1 Å². The molecular formula is C13H20ClN3O3. The number of nitro groups is 1. The van der Waals surface area contributed by atoms with Crippen LogP contribution in [0.3, 0.4) is 0 Å². The molecule has 2 N–H and O–H groups in total. The molecule has 0 spiro atoms. The number of nitrogens with one attached hydrogen (secondary N) is 2. The van der Waals surface area contributed by atoms with Crippen molar-refractivity contribution in [2.24, 2.45) is 0 Å². The lowest BCUT2D eigenvalue weighted by Crippen LogP contribution is -2.32. The van der Waals surface area contributed by atoms with Crippen molar-refractivity contribution in [3.05, 3.63) is 39.4 Å². The first-order chi connectivity index (χ1) is 9.07. The summed E-state index contributed by atoms with van der Waals surface area (Å²) in [5.41, 5.74) is 0.476. The number of rotatable bonds is 7. The Bertz CT molecular complexity index is 466. The zero-order valence-electron chi connectivity index (χ0n) is 11.6. The van der Waals surface area contributed by atoms with E-state index in [1.807, 2.05) is 0 Å². The third-order valence-corrected chi connectivity index (χ3v) is 2.68. The van der Waals surface area contributed by atoms with Crippen LogP contribution < -0.4 is 10.6 Å². The number of nitro benzene ring substituents is 1. The molecule has 0 atom stereocenters. The number of amides is 1. The zero-order chi connectivity index (χ0) is 14.3. The lowest BCUT2D eigenvalue weighted by Gasteiger charge is -2.07.